The van der Waals surface area contributed by atoms with Crippen LogP contribution in [0.4, 0.5) is 15.8 Å². The van der Waals surface area contributed by atoms with Crippen LogP contribution >= 0.6 is 0 Å². The summed E-state index contributed by atoms with van der Waals surface area (Å²) < 4.78 is 31.6. The Balaban J connectivity index is 1.68. The summed E-state index contributed by atoms with van der Waals surface area (Å²) >= 11 is 0. The van der Waals surface area contributed by atoms with Crippen molar-refractivity contribution in [2.45, 2.75) is 25.7 Å². The fraction of sp³-hybridized carbons (Fsp3) is 0.333. The summed E-state index contributed by atoms with van der Waals surface area (Å²) in [6.45, 7) is 3.91. The molecule has 2 aromatic heterocycles. The van der Waals surface area contributed by atoms with Gasteiger partial charge in [0.15, 0.2) is 11.6 Å². The second kappa shape index (κ2) is 10.4. The largest absolute Gasteiger partial charge is 0.492 e. The van der Waals surface area contributed by atoms with Crippen LogP contribution < -0.4 is 20.1 Å². The van der Waals surface area contributed by atoms with E-state index >= 15 is 0 Å². The number of pyridine rings is 1. The average molecular weight is 493 g/mol. The van der Waals surface area contributed by atoms with Gasteiger partial charge in [0.05, 0.1) is 49.2 Å². The van der Waals surface area contributed by atoms with Gasteiger partial charge in [-0.25, -0.2) is 4.39 Å². The first kappa shape index (κ1) is 23.9. The Bertz CT molecular complexity index is 1300. The number of rotatable bonds is 3. The molecule has 2 aliphatic rings. The predicted octanol–water partition coefficient (Wildman–Crippen LogP) is 4.93. The zero-order valence-electron chi connectivity index (χ0n) is 20.3. The van der Waals surface area contributed by atoms with Gasteiger partial charge in [-0.2, -0.15) is 0 Å². The number of amides is 1. The first-order chi connectivity index (χ1) is 17.6. The van der Waals surface area contributed by atoms with Crippen LogP contribution in [0, 0.1) is 5.82 Å². The summed E-state index contributed by atoms with van der Waals surface area (Å²) in [6, 6.07) is 6.47. The maximum Gasteiger partial charge on any atom is 0.255 e. The number of nitrogens with one attached hydrogen (secondary N) is 3. The number of benzene rings is 1. The van der Waals surface area contributed by atoms with E-state index in [0.717, 1.165) is 24.1 Å². The number of allylic oxidation sites excluding steroid dienone is 1. The van der Waals surface area contributed by atoms with Crippen LogP contribution in [0.5, 0.6) is 11.5 Å². The molecule has 0 aliphatic carbocycles. The number of hydrogen-bond acceptors (Lipinski definition) is 6. The van der Waals surface area contributed by atoms with Crippen molar-refractivity contribution in [1.82, 2.24) is 15.3 Å². The van der Waals surface area contributed by atoms with Gasteiger partial charge in [-0.15, -0.1) is 0 Å². The van der Waals surface area contributed by atoms with Crippen LogP contribution in [0.1, 0.15) is 41.7 Å². The van der Waals surface area contributed by atoms with Crippen LogP contribution in [-0.4, -0.2) is 49.4 Å². The van der Waals surface area contributed by atoms with Crippen molar-refractivity contribution in [1.29, 1.82) is 0 Å². The maximum atomic E-state index is 14.5. The van der Waals surface area contributed by atoms with E-state index in [0.29, 0.717) is 54.7 Å². The highest BCUT2D eigenvalue weighted by atomic mass is 19.1. The number of nitrogens with zero attached hydrogens (tertiary/aromatic N) is 1. The number of H-pyrrole nitrogens is 1. The number of carbonyl (C=O) groups is 1. The molecule has 1 aromatic carbocycles. The molecule has 8 nitrogen and oxygen atoms in total. The molecule has 1 atom stereocenters. The van der Waals surface area contributed by atoms with Crippen LogP contribution in [-0.2, 0) is 4.74 Å². The number of hydrogen-bond donors (Lipinski definition) is 3. The molecule has 0 radical (unpaired) electrons. The molecule has 1 unspecified atom stereocenters. The van der Waals surface area contributed by atoms with Crippen molar-refractivity contribution in [3.8, 4) is 22.8 Å². The predicted molar refractivity (Wildman–Crippen MR) is 135 cm³/mol. The van der Waals surface area contributed by atoms with Gasteiger partial charge in [-0.1, -0.05) is 17.7 Å². The fourth-order valence-electron chi connectivity index (χ4n) is 4.69. The van der Waals surface area contributed by atoms with Gasteiger partial charge in [0.25, 0.3) is 5.91 Å². The van der Waals surface area contributed by atoms with Gasteiger partial charge in [-0.05, 0) is 38.0 Å². The summed E-state index contributed by atoms with van der Waals surface area (Å²) in [5.74, 6) is -0.00713. The Labute approximate surface area is 208 Å². The molecule has 1 amide bonds. The number of anilines is 2. The van der Waals surface area contributed by atoms with E-state index in [4.69, 9.17) is 14.2 Å². The molecular formula is C27H29FN4O4. The summed E-state index contributed by atoms with van der Waals surface area (Å²) in [6.07, 6.45) is 7.11. The van der Waals surface area contributed by atoms with Crippen molar-refractivity contribution in [2.75, 3.05) is 38.8 Å². The third-order valence-corrected chi connectivity index (χ3v) is 6.58. The van der Waals surface area contributed by atoms with Crippen molar-refractivity contribution in [2.24, 2.45) is 0 Å². The second-order valence-corrected chi connectivity index (χ2v) is 8.90. The molecule has 188 valence electrons. The number of aromatic nitrogens is 2. The molecule has 2 aliphatic heterocycles. The minimum atomic E-state index is -0.500. The van der Waals surface area contributed by atoms with Crippen LogP contribution in [0.15, 0.2) is 48.3 Å². The van der Waals surface area contributed by atoms with Crippen molar-refractivity contribution >= 4 is 17.3 Å². The van der Waals surface area contributed by atoms with Gasteiger partial charge in [0, 0.05) is 29.9 Å². The molecule has 4 heterocycles. The number of ether oxygens (including phenoxy) is 3. The SMILES string of the molecule is COc1c(F)cccc1Nc1c2[nH]c3c1C(=O)NCC3CC/C(C)=C/COCCOc1cnccc1-2. The quantitative estimate of drug-likeness (QED) is 0.449. The van der Waals surface area contributed by atoms with E-state index in [1.807, 2.05) is 6.07 Å². The van der Waals surface area contributed by atoms with Gasteiger partial charge < -0.3 is 29.8 Å². The molecule has 5 rings (SSSR count). The highest BCUT2D eigenvalue weighted by Crippen LogP contribution is 2.44. The molecule has 2 bridgehead atoms. The Morgan fingerprint density at radius 3 is 3.00 bits per heavy atom. The van der Waals surface area contributed by atoms with E-state index < -0.39 is 5.82 Å². The molecule has 3 N–H and O–H groups in total. The van der Waals surface area contributed by atoms with E-state index in [9.17, 15) is 9.18 Å². The summed E-state index contributed by atoms with van der Waals surface area (Å²) in [7, 11) is 1.41. The summed E-state index contributed by atoms with van der Waals surface area (Å²) in [5.41, 5.74) is 4.91. The maximum absolute atomic E-state index is 14.5. The number of methoxy groups -OCH3 is 1. The number of para-hydroxylation sites is 1. The van der Waals surface area contributed by atoms with Gasteiger partial charge in [-0.3, -0.25) is 9.78 Å². The van der Waals surface area contributed by atoms with Crippen LogP contribution in [0.2, 0.25) is 0 Å². The normalized spacial score (nSPS) is 19.5. The first-order valence-electron chi connectivity index (χ1n) is 12.0. The zero-order valence-corrected chi connectivity index (χ0v) is 20.3. The van der Waals surface area contributed by atoms with Gasteiger partial charge in [0.1, 0.15) is 12.4 Å². The molecule has 0 spiro atoms. The van der Waals surface area contributed by atoms with Crippen LogP contribution in [0.3, 0.4) is 0 Å². The van der Waals surface area contributed by atoms with Crippen molar-refractivity contribution in [3.63, 3.8) is 0 Å². The third kappa shape index (κ3) is 4.66. The number of aromatic amines is 1. The highest BCUT2D eigenvalue weighted by molar-refractivity contribution is 6.07. The van der Waals surface area contributed by atoms with E-state index in [2.05, 4.69) is 33.6 Å². The number of fused-ring (bicyclic) bond motifs is 3. The summed E-state index contributed by atoms with van der Waals surface area (Å²) in [4.78, 5) is 21.0. The minimum Gasteiger partial charge on any atom is -0.492 e. The van der Waals surface area contributed by atoms with E-state index in [1.54, 1.807) is 24.5 Å². The lowest BCUT2D eigenvalue weighted by molar-refractivity contribution is 0.0940. The molecule has 0 saturated heterocycles. The molecule has 9 heteroatoms. The lowest BCUT2D eigenvalue weighted by Gasteiger charge is -2.24. The number of halogens is 1. The Hall–Kier alpha value is -3.85. The Morgan fingerprint density at radius 1 is 1.25 bits per heavy atom. The smallest absolute Gasteiger partial charge is 0.255 e. The monoisotopic (exact) mass is 492 g/mol. The highest BCUT2D eigenvalue weighted by Gasteiger charge is 2.33. The van der Waals surface area contributed by atoms with Crippen molar-refractivity contribution < 1.29 is 23.4 Å². The van der Waals surface area contributed by atoms with Crippen molar-refractivity contribution in [3.05, 3.63) is 65.4 Å². The topological polar surface area (TPSA) is 97.5 Å². The Morgan fingerprint density at radius 2 is 2.14 bits per heavy atom. The Kier molecular flexibility index (Phi) is 6.90. The van der Waals surface area contributed by atoms with E-state index in [1.165, 1.54) is 18.7 Å². The zero-order chi connectivity index (χ0) is 25.1. The van der Waals surface area contributed by atoms with E-state index in [-0.39, 0.29) is 17.6 Å². The minimum absolute atomic E-state index is 0.0671. The molecule has 0 fully saturated rings. The van der Waals surface area contributed by atoms with Gasteiger partial charge >= 0.3 is 0 Å². The third-order valence-electron chi connectivity index (χ3n) is 6.58. The lowest BCUT2D eigenvalue weighted by atomic mass is 9.91. The molecule has 36 heavy (non-hydrogen) atoms. The van der Waals surface area contributed by atoms with Crippen LogP contribution in [0.25, 0.3) is 11.3 Å². The fourth-order valence-corrected chi connectivity index (χ4v) is 4.69. The second-order valence-electron chi connectivity index (χ2n) is 8.90. The first-order valence-corrected chi connectivity index (χ1v) is 12.0. The standard InChI is InChI=1S/C27H29FN4O4/c1-16-6-7-17-14-30-27(33)22-23(17)32-24(25(22)31-20-5-3-4-19(28)26(20)34-2)18-8-10-29-15-21(18)36-13-12-35-11-9-16/h3-5,8-10,15,17,31-32H,6-7,11-14H2,1-2H3,(H,30,33)/b16-9+. The molecule has 0 saturated carbocycles. The molecular weight excluding hydrogens is 463 g/mol. The summed E-state index contributed by atoms with van der Waals surface area (Å²) in [5, 5.41) is 6.33. The van der Waals surface area contributed by atoms with Gasteiger partial charge in [0.2, 0.25) is 0 Å². The average Bonchev–Trinajstić information content (AvgIpc) is 3.25. The lowest BCUT2D eigenvalue weighted by Crippen LogP contribution is -2.35. The number of carbonyl (C=O) groups excluding carboxylic acids is 1. The molecule has 3 aromatic rings.